The largest absolute Gasteiger partial charge is 0.505 e. The average molecular weight is 371 g/mol. The number of hydrogen-bond acceptors (Lipinski definition) is 6. The first kappa shape index (κ1) is 17.8. The van der Waals surface area contributed by atoms with Gasteiger partial charge in [-0.2, -0.15) is 0 Å². The third-order valence-corrected chi connectivity index (χ3v) is 4.96. The summed E-state index contributed by atoms with van der Waals surface area (Å²) in [6.07, 6.45) is 1.46. The summed E-state index contributed by atoms with van der Waals surface area (Å²) in [5, 5.41) is 27.2. The predicted molar refractivity (Wildman–Crippen MR) is 99.2 cm³/mol. The first-order chi connectivity index (χ1) is 12.4. The van der Waals surface area contributed by atoms with E-state index in [0.717, 1.165) is 4.88 Å². The predicted octanol–water partition coefficient (Wildman–Crippen LogP) is 3.77. The molecular formula is C18H17N3O4S. The molecule has 8 heteroatoms. The number of nitro groups is 1. The minimum atomic E-state index is -0.699. The Hall–Kier alpha value is -3.00. The molecule has 2 heterocycles. The Bertz CT molecular complexity index is 970. The number of aromatic nitrogens is 1. The van der Waals surface area contributed by atoms with E-state index in [4.69, 9.17) is 0 Å². The second kappa shape index (κ2) is 7.09. The number of benzene rings is 1. The lowest BCUT2D eigenvalue weighted by atomic mass is 9.99. The summed E-state index contributed by atoms with van der Waals surface area (Å²) in [6.45, 7) is 3.51. The van der Waals surface area contributed by atoms with E-state index in [2.05, 4.69) is 10.3 Å². The lowest BCUT2D eigenvalue weighted by Gasteiger charge is -2.21. The van der Waals surface area contributed by atoms with Crippen molar-refractivity contribution in [2.75, 3.05) is 0 Å². The van der Waals surface area contributed by atoms with Crippen LogP contribution in [0.25, 0.3) is 10.9 Å². The minimum absolute atomic E-state index is 0.136. The van der Waals surface area contributed by atoms with E-state index in [0.29, 0.717) is 0 Å². The second-order valence-electron chi connectivity index (χ2n) is 6.10. The number of nitrogens with one attached hydrogen (secondary N) is 1. The molecule has 2 N–H and O–H groups in total. The van der Waals surface area contributed by atoms with E-state index in [1.807, 2.05) is 17.5 Å². The van der Waals surface area contributed by atoms with Gasteiger partial charge in [0.05, 0.1) is 16.4 Å². The summed E-state index contributed by atoms with van der Waals surface area (Å²) in [5.74, 6) is -0.659. The molecule has 0 saturated carbocycles. The average Bonchev–Trinajstić information content (AvgIpc) is 3.14. The Morgan fingerprint density at radius 1 is 1.35 bits per heavy atom. The van der Waals surface area contributed by atoms with E-state index < -0.39 is 11.0 Å². The van der Waals surface area contributed by atoms with Crippen molar-refractivity contribution in [3.8, 4) is 5.75 Å². The Labute approximate surface area is 153 Å². The standard InChI is InChI=1S/C18H17N3O4S/c1-10(2)18(23)20-15(14-6-4-8-26-14)12-9-13(21(24)25)11-5-3-7-19-16(11)17(12)22/h3-10,15,22H,1-2H3,(H,20,23)/t15-/m1/s1. The number of non-ortho nitro benzene ring substituents is 1. The lowest BCUT2D eigenvalue weighted by Crippen LogP contribution is -2.32. The molecule has 0 aliphatic rings. The Kier molecular flexibility index (Phi) is 4.85. The highest BCUT2D eigenvalue weighted by Crippen LogP contribution is 2.40. The normalized spacial score (nSPS) is 12.3. The van der Waals surface area contributed by atoms with E-state index in [9.17, 15) is 20.0 Å². The van der Waals surface area contributed by atoms with Crippen LogP contribution in [0.1, 0.15) is 30.3 Å². The molecule has 3 aromatic rings. The Morgan fingerprint density at radius 3 is 2.73 bits per heavy atom. The fourth-order valence-corrected chi connectivity index (χ4v) is 3.46. The number of amides is 1. The van der Waals surface area contributed by atoms with Gasteiger partial charge in [0.1, 0.15) is 11.3 Å². The summed E-state index contributed by atoms with van der Waals surface area (Å²) in [4.78, 5) is 28.2. The second-order valence-corrected chi connectivity index (χ2v) is 7.08. The molecule has 1 atom stereocenters. The van der Waals surface area contributed by atoms with Crippen LogP contribution in [0.15, 0.2) is 41.9 Å². The van der Waals surface area contributed by atoms with E-state index in [1.54, 1.807) is 19.9 Å². The van der Waals surface area contributed by atoms with Crippen LogP contribution in [0.5, 0.6) is 5.75 Å². The molecule has 3 rings (SSSR count). The fraction of sp³-hybridized carbons (Fsp3) is 0.222. The van der Waals surface area contributed by atoms with Gasteiger partial charge in [0.25, 0.3) is 5.69 Å². The number of phenols is 1. The number of phenolic OH excluding ortho intramolecular Hbond substituents is 1. The molecule has 0 radical (unpaired) electrons. The number of nitro benzene ring substituents is 1. The molecule has 2 aromatic heterocycles. The maximum atomic E-state index is 12.3. The number of thiophene rings is 1. The highest BCUT2D eigenvalue weighted by Gasteiger charge is 2.27. The van der Waals surface area contributed by atoms with Gasteiger partial charge in [-0.1, -0.05) is 19.9 Å². The Morgan fingerprint density at radius 2 is 2.12 bits per heavy atom. The number of carbonyl (C=O) groups excluding carboxylic acids is 1. The highest BCUT2D eigenvalue weighted by atomic mass is 32.1. The zero-order chi connectivity index (χ0) is 18.8. The zero-order valence-electron chi connectivity index (χ0n) is 14.2. The fourth-order valence-electron chi connectivity index (χ4n) is 2.67. The van der Waals surface area contributed by atoms with Gasteiger partial charge in [-0.05, 0) is 23.6 Å². The molecule has 0 fully saturated rings. The van der Waals surface area contributed by atoms with Crippen LogP contribution < -0.4 is 5.32 Å². The monoisotopic (exact) mass is 371 g/mol. The van der Waals surface area contributed by atoms with Gasteiger partial charge < -0.3 is 10.4 Å². The molecule has 134 valence electrons. The maximum absolute atomic E-state index is 12.3. The molecule has 0 bridgehead atoms. The molecule has 0 aliphatic carbocycles. The first-order valence-electron chi connectivity index (χ1n) is 7.99. The smallest absolute Gasteiger partial charge is 0.279 e. The van der Waals surface area contributed by atoms with Crippen molar-refractivity contribution in [1.29, 1.82) is 0 Å². The van der Waals surface area contributed by atoms with Crippen molar-refractivity contribution in [2.45, 2.75) is 19.9 Å². The molecule has 7 nitrogen and oxygen atoms in total. The third-order valence-electron chi connectivity index (χ3n) is 4.02. The zero-order valence-corrected chi connectivity index (χ0v) is 15.0. The van der Waals surface area contributed by atoms with Crippen molar-refractivity contribution >= 4 is 33.8 Å². The number of pyridine rings is 1. The van der Waals surface area contributed by atoms with Crippen LogP contribution in [-0.2, 0) is 4.79 Å². The van der Waals surface area contributed by atoms with Gasteiger partial charge in [-0.3, -0.25) is 19.9 Å². The Balaban J connectivity index is 2.23. The molecular weight excluding hydrogens is 354 g/mol. The van der Waals surface area contributed by atoms with Crippen LogP contribution in [0, 0.1) is 16.0 Å². The van der Waals surface area contributed by atoms with E-state index >= 15 is 0 Å². The van der Waals surface area contributed by atoms with Crippen molar-refractivity contribution in [2.24, 2.45) is 5.92 Å². The van der Waals surface area contributed by atoms with Crippen LogP contribution in [0.3, 0.4) is 0 Å². The number of rotatable bonds is 5. The summed E-state index contributed by atoms with van der Waals surface area (Å²) in [5.41, 5.74) is 0.220. The van der Waals surface area contributed by atoms with Gasteiger partial charge >= 0.3 is 0 Å². The van der Waals surface area contributed by atoms with Crippen molar-refractivity contribution < 1.29 is 14.8 Å². The highest BCUT2D eigenvalue weighted by molar-refractivity contribution is 7.10. The summed E-state index contributed by atoms with van der Waals surface area (Å²) in [7, 11) is 0. The van der Waals surface area contributed by atoms with Gasteiger partial charge in [-0.25, -0.2) is 0 Å². The van der Waals surface area contributed by atoms with Crippen molar-refractivity contribution in [1.82, 2.24) is 10.3 Å². The number of aromatic hydroxyl groups is 1. The molecule has 0 spiro atoms. The van der Waals surface area contributed by atoms with Gasteiger partial charge in [0.15, 0.2) is 0 Å². The molecule has 0 aliphatic heterocycles. The van der Waals surface area contributed by atoms with Crippen LogP contribution in [0.4, 0.5) is 5.69 Å². The van der Waals surface area contributed by atoms with E-state index in [-0.39, 0.29) is 39.7 Å². The molecule has 0 unspecified atom stereocenters. The minimum Gasteiger partial charge on any atom is -0.505 e. The quantitative estimate of drug-likeness (QED) is 0.524. The maximum Gasteiger partial charge on any atom is 0.279 e. The number of nitrogens with zero attached hydrogens (tertiary/aromatic N) is 2. The van der Waals surface area contributed by atoms with Gasteiger partial charge in [0.2, 0.25) is 5.91 Å². The third kappa shape index (κ3) is 3.23. The van der Waals surface area contributed by atoms with Crippen LogP contribution in [0.2, 0.25) is 0 Å². The van der Waals surface area contributed by atoms with Crippen molar-refractivity contribution in [3.63, 3.8) is 0 Å². The van der Waals surface area contributed by atoms with Crippen LogP contribution in [-0.4, -0.2) is 20.9 Å². The molecule has 1 amide bonds. The molecule has 1 aromatic carbocycles. The summed E-state index contributed by atoms with van der Waals surface area (Å²) >= 11 is 1.39. The van der Waals surface area contributed by atoms with Gasteiger partial charge in [0, 0.05) is 28.6 Å². The SMILES string of the molecule is CC(C)C(=O)N[C@@H](c1cccs1)c1cc([N+](=O)[O-])c2cccnc2c1O. The topological polar surface area (TPSA) is 105 Å². The van der Waals surface area contributed by atoms with Crippen molar-refractivity contribution in [3.05, 3.63) is 62.5 Å². The molecule has 0 saturated heterocycles. The number of carbonyl (C=O) groups is 1. The van der Waals surface area contributed by atoms with Gasteiger partial charge in [-0.15, -0.1) is 11.3 Å². The summed E-state index contributed by atoms with van der Waals surface area (Å²) in [6, 6.07) is 7.35. The first-order valence-corrected chi connectivity index (χ1v) is 8.87. The molecule has 26 heavy (non-hydrogen) atoms. The van der Waals surface area contributed by atoms with E-state index in [1.165, 1.54) is 29.7 Å². The number of hydrogen-bond donors (Lipinski definition) is 2. The lowest BCUT2D eigenvalue weighted by molar-refractivity contribution is -0.383. The summed E-state index contributed by atoms with van der Waals surface area (Å²) < 4.78 is 0. The number of fused-ring (bicyclic) bond motifs is 1. The van der Waals surface area contributed by atoms with Crippen LogP contribution >= 0.6 is 11.3 Å².